The molecule has 0 bridgehead atoms. The zero-order valence-corrected chi connectivity index (χ0v) is 21.7. The predicted octanol–water partition coefficient (Wildman–Crippen LogP) is 6.83. The van der Waals surface area contributed by atoms with E-state index in [9.17, 15) is 8.42 Å². The van der Waals surface area contributed by atoms with E-state index in [1.165, 1.54) is 0 Å². The smallest absolute Gasteiger partial charge is 0.236 e. The molecule has 5 rings (SSSR count). The average molecular weight is 552 g/mol. The van der Waals surface area contributed by atoms with Crippen LogP contribution in [0.1, 0.15) is 48.6 Å². The van der Waals surface area contributed by atoms with Gasteiger partial charge in [-0.3, -0.25) is 0 Å². The summed E-state index contributed by atoms with van der Waals surface area (Å²) < 4.78 is 34.9. The molecule has 0 saturated carbocycles. The minimum atomic E-state index is -3.89. The van der Waals surface area contributed by atoms with Gasteiger partial charge in [0, 0.05) is 17.6 Å². The number of oxazole rings is 1. The molecule has 2 heterocycles. The Bertz CT molecular complexity index is 1320. The third-order valence-corrected chi connectivity index (χ3v) is 8.58. The van der Waals surface area contributed by atoms with E-state index in [-0.39, 0.29) is 15.8 Å². The molecular formula is C28H27BrN2O3S. The van der Waals surface area contributed by atoms with Gasteiger partial charge in [0.15, 0.2) is 0 Å². The molecule has 180 valence electrons. The average Bonchev–Trinajstić information content (AvgIpc) is 3.14. The van der Waals surface area contributed by atoms with Crippen molar-refractivity contribution >= 4 is 31.7 Å². The highest BCUT2D eigenvalue weighted by atomic mass is 79.9. The van der Waals surface area contributed by atoms with Crippen molar-refractivity contribution in [2.45, 2.75) is 41.5 Å². The second-order valence-corrected chi connectivity index (χ2v) is 11.6. The van der Waals surface area contributed by atoms with E-state index < -0.39 is 9.84 Å². The number of hydrogen-bond acceptors (Lipinski definition) is 5. The molecule has 0 atom stereocenters. The first-order valence-electron chi connectivity index (χ1n) is 11.9. The van der Waals surface area contributed by atoms with Crippen molar-refractivity contribution in [1.29, 1.82) is 0 Å². The molecule has 1 aliphatic rings. The molecule has 0 amide bonds. The van der Waals surface area contributed by atoms with Gasteiger partial charge in [0.2, 0.25) is 26.6 Å². The third-order valence-electron chi connectivity index (χ3n) is 6.38. The molecule has 4 aromatic rings. The number of benzene rings is 3. The van der Waals surface area contributed by atoms with E-state index in [1.807, 2.05) is 60.7 Å². The Kier molecular flexibility index (Phi) is 7.07. The van der Waals surface area contributed by atoms with Crippen LogP contribution in [0.3, 0.4) is 0 Å². The maximum Gasteiger partial charge on any atom is 0.236 e. The summed E-state index contributed by atoms with van der Waals surface area (Å²) in [7, 11) is -3.89. The Morgan fingerprint density at radius 1 is 0.771 bits per heavy atom. The molecule has 1 fully saturated rings. The fourth-order valence-corrected chi connectivity index (χ4v) is 6.17. The van der Waals surface area contributed by atoms with Crippen LogP contribution in [0.4, 0.5) is 5.88 Å². The summed E-state index contributed by atoms with van der Waals surface area (Å²) in [5.41, 5.74) is 1.99. The Morgan fingerprint density at radius 3 is 1.86 bits per heavy atom. The first kappa shape index (κ1) is 23.8. The topological polar surface area (TPSA) is 63.4 Å². The van der Waals surface area contributed by atoms with Crippen molar-refractivity contribution in [3.8, 4) is 0 Å². The van der Waals surface area contributed by atoms with Crippen molar-refractivity contribution in [3.63, 3.8) is 0 Å². The lowest BCUT2D eigenvalue weighted by atomic mass is 9.91. The van der Waals surface area contributed by atoms with Crippen LogP contribution in [-0.2, 0) is 9.84 Å². The van der Waals surface area contributed by atoms with Crippen LogP contribution in [0.15, 0.2) is 104 Å². The van der Waals surface area contributed by atoms with Gasteiger partial charge >= 0.3 is 0 Å². The monoisotopic (exact) mass is 550 g/mol. The van der Waals surface area contributed by atoms with Crippen LogP contribution in [0.2, 0.25) is 0 Å². The number of hydrogen-bond donors (Lipinski definition) is 0. The Hall–Kier alpha value is -2.90. The van der Waals surface area contributed by atoms with Crippen molar-refractivity contribution in [1.82, 2.24) is 4.98 Å². The van der Waals surface area contributed by atoms with Crippen LogP contribution in [0.5, 0.6) is 0 Å². The minimum absolute atomic E-state index is 0.00594. The molecule has 0 aliphatic carbocycles. The zero-order chi connectivity index (χ0) is 24.3. The lowest BCUT2D eigenvalue weighted by Crippen LogP contribution is -2.25. The van der Waals surface area contributed by atoms with E-state index in [0.717, 1.165) is 54.4 Å². The highest BCUT2D eigenvalue weighted by Gasteiger charge is 2.34. The summed E-state index contributed by atoms with van der Waals surface area (Å²) in [6.45, 7) is 1.50. The van der Waals surface area contributed by atoms with Crippen molar-refractivity contribution in [3.05, 3.63) is 106 Å². The van der Waals surface area contributed by atoms with Gasteiger partial charge in [-0.05, 0) is 48.2 Å². The third kappa shape index (κ3) is 5.07. The molecule has 0 N–H and O–H groups in total. The summed E-state index contributed by atoms with van der Waals surface area (Å²) in [5.74, 6) is 0.413. The molecule has 7 heteroatoms. The second-order valence-electron chi connectivity index (χ2n) is 8.78. The molecule has 5 nitrogen and oxygen atoms in total. The lowest BCUT2D eigenvalue weighted by Gasteiger charge is -2.20. The Balaban J connectivity index is 1.69. The second kappa shape index (κ2) is 10.4. The molecule has 1 aliphatic heterocycles. The lowest BCUT2D eigenvalue weighted by molar-refractivity contribution is 0.477. The summed E-state index contributed by atoms with van der Waals surface area (Å²) in [6, 6.07) is 26.6. The van der Waals surface area contributed by atoms with E-state index >= 15 is 0 Å². The van der Waals surface area contributed by atoms with Gasteiger partial charge < -0.3 is 9.32 Å². The maximum absolute atomic E-state index is 13.8. The molecule has 0 radical (unpaired) electrons. The number of nitrogens with zero attached hydrogens (tertiary/aromatic N) is 2. The number of rotatable bonds is 6. The first-order valence-corrected chi connectivity index (χ1v) is 14.2. The van der Waals surface area contributed by atoms with Crippen LogP contribution in [-0.4, -0.2) is 26.5 Å². The number of halogens is 1. The van der Waals surface area contributed by atoms with Gasteiger partial charge in [-0.1, -0.05) is 89.4 Å². The summed E-state index contributed by atoms with van der Waals surface area (Å²) in [4.78, 5) is 6.99. The van der Waals surface area contributed by atoms with Gasteiger partial charge in [-0.15, -0.1) is 0 Å². The number of anilines is 1. The SMILES string of the molecule is O=S(=O)(c1ccc(Br)cc1)c1nc(C(c2ccccc2)c2ccccc2)oc1N1CCCCCC1. The standard InChI is InChI=1S/C28H27BrN2O3S/c29-23-15-17-24(18-16-23)35(32,33)27-28(31-19-9-1-2-10-20-31)34-26(30-27)25(21-11-5-3-6-12-21)22-13-7-4-8-14-22/h3-8,11-18,25H,1-2,9-10,19-20H2. The van der Waals surface area contributed by atoms with Gasteiger partial charge in [0.1, 0.15) is 0 Å². The summed E-state index contributed by atoms with van der Waals surface area (Å²) in [6.07, 6.45) is 4.25. The van der Waals surface area contributed by atoms with Gasteiger partial charge in [-0.2, -0.15) is 4.98 Å². The van der Waals surface area contributed by atoms with Crippen LogP contribution < -0.4 is 4.90 Å². The summed E-state index contributed by atoms with van der Waals surface area (Å²) in [5, 5.41) is -0.00594. The largest absolute Gasteiger partial charge is 0.423 e. The molecule has 1 aromatic heterocycles. The Morgan fingerprint density at radius 2 is 1.31 bits per heavy atom. The Labute approximate surface area is 214 Å². The van der Waals surface area contributed by atoms with E-state index in [1.54, 1.807) is 24.3 Å². The number of sulfone groups is 1. The van der Waals surface area contributed by atoms with Crippen molar-refractivity contribution in [2.24, 2.45) is 0 Å². The van der Waals surface area contributed by atoms with Gasteiger partial charge in [0.05, 0.1) is 10.8 Å². The normalized spacial score (nSPS) is 14.7. The summed E-state index contributed by atoms with van der Waals surface area (Å²) >= 11 is 3.39. The zero-order valence-electron chi connectivity index (χ0n) is 19.3. The van der Waals surface area contributed by atoms with E-state index in [0.29, 0.717) is 11.8 Å². The maximum atomic E-state index is 13.8. The predicted molar refractivity (Wildman–Crippen MR) is 141 cm³/mol. The fraction of sp³-hybridized carbons (Fsp3) is 0.250. The molecule has 0 spiro atoms. The molecule has 3 aromatic carbocycles. The molecule has 0 unspecified atom stereocenters. The minimum Gasteiger partial charge on any atom is -0.423 e. The van der Waals surface area contributed by atoms with Gasteiger partial charge in [0.25, 0.3) is 0 Å². The molecule has 1 saturated heterocycles. The quantitative estimate of drug-likeness (QED) is 0.263. The van der Waals surface area contributed by atoms with Crippen molar-refractivity contribution in [2.75, 3.05) is 18.0 Å². The highest BCUT2D eigenvalue weighted by molar-refractivity contribution is 9.10. The van der Waals surface area contributed by atoms with E-state index in [2.05, 4.69) is 20.8 Å². The van der Waals surface area contributed by atoms with E-state index in [4.69, 9.17) is 9.40 Å². The van der Waals surface area contributed by atoms with Crippen LogP contribution >= 0.6 is 15.9 Å². The fourth-order valence-electron chi connectivity index (χ4n) is 4.58. The van der Waals surface area contributed by atoms with Crippen LogP contribution in [0, 0.1) is 0 Å². The van der Waals surface area contributed by atoms with Gasteiger partial charge in [-0.25, -0.2) is 8.42 Å². The van der Waals surface area contributed by atoms with Crippen molar-refractivity contribution < 1.29 is 12.8 Å². The first-order chi connectivity index (χ1) is 17.0. The molecule has 35 heavy (non-hydrogen) atoms. The van der Waals surface area contributed by atoms with Crippen LogP contribution in [0.25, 0.3) is 0 Å². The highest BCUT2D eigenvalue weighted by Crippen LogP contribution is 2.39. The molecular weight excluding hydrogens is 524 g/mol. The number of aromatic nitrogens is 1.